The lowest BCUT2D eigenvalue weighted by Crippen LogP contribution is -2.28. The van der Waals surface area contributed by atoms with Crippen molar-refractivity contribution >= 4 is 0 Å². The normalized spacial score (nSPS) is 24.8. The Labute approximate surface area is 186 Å². The number of hydrogen-bond acceptors (Lipinski definition) is 5. The molecule has 2 aromatic rings. The van der Waals surface area contributed by atoms with E-state index in [0.29, 0.717) is 23.8 Å². The van der Waals surface area contributed by atoms with Gasteiger partial charge in [-0.15, -0.1) is 0 Å². The molecule has 0 radical (unpaired) electrons. The second kappa shape index (κ2) is 9.66. The van der Waals surface area contributed by atoms with Crippen molar-refractivity contribution in [1.82, 2.24) is 20.2 Å². The first-order valence-electron chi connectivity index (χ1n) is 12.2. The fourth-order valence-corrected chi connectivity index (χ4v) is 5.45. The topological polar surface area (TPSA) is 50.3 Å². The minimum absolute atomic E-state index is 0.535. The van der Waals surface area contributed by atoms with Crippen LogP contribution in [0.2, 0.25) is 0 Å². The maximum absolute atomic E-state index is 6.03. The van der Waals surface area contributed by atoms with Crippen LogP contribution < -0.4 is 10.1 Å². The molecule has 2 saturated heterocycles. The van der Waals surface area contributed by atoms with Crippen LogP contribution in [-0.2, 0) is 6.54 Å². The second-order valence-electron chi connectivity index (χ2n) is 9.82. The van der Waals surface area contributed by atoms with E-state index in [1.54, 1.807) is 0 Å². The molecule has 5 nitrogen and oxygen atoms in total. The van der Waals surface area contributed by atoms with Gasteiger partial charge >= 0.3 is 6.01 Å². The minimum Gasteiger partial charge on any atom is -0.463 e. The minimum atomic E-state index is 0.535. The van der Waals surface area contributed by atoms with E-state index in [1.165, 1.54) is 61.2 Å². The molecule has 1 aromatic carbocycles. The van der Waals surface area contributed by atoms with Crippen LogP contribution in [0.1, 0.15) is 72.7 Å². The Bertz CT molecular complexity index is 850. The lowest BCUT2D eigenvalue weighted by Gasteiger charge is -2.35. The van der Waals surface area contributed by atoms with E-state index in [0.717, 1.165) is 39.1 Å². The van der Waals surface area contributed by atoms with Crippen LogP contribution in [0.25, 0.3) is 0 Å². The van der Waals surface area contributed by atoms with Gasteiger partial charge in [0, 0.05) is 18.7 Å². The van der Waals surface area contributed by atoms with Crippen LogP contribution in [0.3, 0.4) is 0 Å². The third-order valence-corrected chi connectivity index (χ3v) is 7.45. The Balaban J connectivity index is 1.09. The molecule has 0 bridgehead atoms. The van der Waals surface area contributed by atoms with Crippen LogP contribution in [0, 0.1) is 12.8 Å². The van der Waals surface area contributed by atoms with Gasteiger partial charge in [0.25, 0.3) is 0 Å². The first kappa shape index (κ1) is 20.9. The third kappa shape index (κ3) is 5.09. The van der Waals surface area contributed by atoms with E-state index < -0.39 is 0 Å². The molecule has 31 heavy (non-hydrogen) atoms. The van der Waals surface area contributed by atoms with Gasteiger partial charge in [-0.05, 0) is 100 Å². The van der Waals surface area contributed by atoms with Gasteiger partial charge in [0.15, 0.2) is 0 Å². The highest BCUT2D eigenvalue weighted by Gasteiger charge is 2.31. The second-order valence-corrected chi connectivity index (χ2v) is 9.82. The summed E-state index contributed by atoms with van der Waals surface area (Å²) >= 11 is 0. The molecular formula is C26H36N4O. The Morgan fingerprint density at radius 2 is 1.77 bits per heavy atom. The molecule has 0 amide bonds. The highest BCUT2D eigenvalue weighted by atomic mass is 16.5. The predicted octanol–water partition coefficient (Wildman–Crippen LogP) is 4.42. The van der Waals surface area contributed by atoms with Crippen LogP contribution in [0.15, 0.2) is 30.5 Å². The summed E-state index contributed by atoms with van der Waals surface area (Å²) < 4.78 is 6.03. The molecule has 0 unspecified atom stereocenters. The molecule has 1 N–H and O–H groups in total. The van der Waals surface area contributed by atoms with E-state index >= 15 is 0 Å². The van der Waals surface area contributed by atoms with Gasteiger partial charge in [0.2, 0.25) is 0 Å². The van der Waals surface area contributed by atoms with E-state index in [4.69, 9.17) is 9.72 Å². The van der Waals surface area contributed by atoms with Crippen molar-refractivity contribution in [3.05, 3.63) is 52.8 Å². The number of benzene rings is 1. The molecule has 0 atom stereocenters. The Morgan fingerprint density at radius 1 is 1.03 bits per heavy atom. The molecule has 3 fully saturated rings. The van der Waals surface area contributed by atoms with Gasteiger partial charge < -0.3 is 10.1 Å². The van der Waals surface area contributed by atoms with Crippen LogP contribution in [-0.4, -0.2) is 47.7 Å². The monoisotopic (exact) mass is 420 g/mol. The lowest BCUT2D eigenvalue weighted by molar-refractivity contribution is 0.149. The predicted molar refractivity (Wildman–Crippen MR) is 124 cm³/mol. The van der Waals surface area contributed by atoms with Crippen molar-refractivity contribution in [2.45, 2.75) is 63.8 Å². The molecule has 1 aromatic heterocycles. The average molecular weight is 421 g/mol. The number of piperidine rings is 1. The third-order valence-electron chi connectivity index (χ3n) is 7.45. The summed E-state index contributed by atoms with van der Waals surface area (Å²) in [6.07, 6.45) is 9.37. The van der Waals surface area contributed by atoms with Gasteiger partial charge in [0.05, 0.1) is 12.3 Å². The zero-order valence-electron chi connectivity index (χ0n) is 18.9. The molecule has 166 valence electrons. The van der Waals surface area contributed by atoms with Gasteiger partial charge in [-0.3, -0.25) is 4.90 Å². The Hall–Kier alpha value is -1.98. The van der Waals surface area contributed by atoms with Gasteiger partial charge in [-0.25, -0.2) is 4.98 Å². The van der Waals surface area contributed by atoms with E-state index in [-0.39, 0.29) is 0 Å². The first-order valence-corrected chi connectivity index (χ1v) is 12.2. The zero-order valence-corrected chi connectivity index (χ0v) is 18.9. The van der Waals surface area contributed by atoms with Crippen molar-refractivity contribution in [2.75, 3.05) is 32.8 Å². The molecule has 1 saturated carbocycles. The first-order chi connectivity index (χ1) is 15.2. The van der Waals surface area contributed by atoms with E-state index in [1.807, 2.05) is 6.20 Å². The number of nitrogens with zero attached hydrogens (tertiary/aromatic N) is 3. The SMILES string of the molecule is Cc1cnc(OCC2CC(c3ccc(CN4CCCC4)cc3)C2)nc1C1CCNCC1. The number of ether oxygens (including phenoxy) is 1. The quantitative estimate of drug-likeness (QED) is 0.719. The summed E-state index contributed by atoms with van der Waals surface area (Å²) in [4.78, 5) is 11.8. The number of aryl methyl sites for hydroxylation is 1. The summed E-state index contributed by atoms with van der Waals surface area (Å²) in [5.41, 5.74) is 5.32. The zero-order chi connectivity index (χ0) is 21.0. The van der Waals surface area contributed by atoms with Crippen molar-refractivity contribution in [3.8, 4) is 6.01 Å². The molecule has 3 heterocycles. The molecule has 1 aliphatic carbocycles. The van der Waals surface area contributed by atoms with Gasteiger partial charge in [-0.2, -0.15) is 4.98 Å². The molecule has 5 heteroatoms. The summed E-state index contributed by atoms with van der Waals surface area (Å²) in [7, 11) is 0. The van der Waals surface area contributed by atoms with Crippen LogP contribution in [0.4, 0.5) is 0 Å². The number of nitrogens with one attached hydrogen (secondary N) is 1. The summed E-state index contributed by atoms with van der Waals surface area (Å²) in [6.45, 7) is 8.63. The van der Waals surface area contributed by atoms with Gasteiger partial charge in [-0.1, -0.05) is 24.3 Å². The van der Waals surface area contributed by atoms with Crippen molar-refractivity contribution in [1.29, 1.82) is 0 Å². The van der Waals surface area contributed by atoms with Crippen LogP contribution >= 0.6 is 0 Å². The van der Waals surface area contributed by atoms with Crippen molar-refractivity contribution in [2.24, 2.45) is 5.92 Å². The number of hydrogen-bond donors (Lipinski definition) is 1. The Kier molecular flexibility index (Phi) is 6.51. The fourth-order valence-electron chi connectivity index (χ4n) is 5.45. The maximum Gasteiger partial charge on any atom is 0.316 e. The molecule has 5 rings (SSSR count). The Morgan fingerprint density at radius 3 is 2.52 bits per heavy atom. The number of rotatable bonds is 7. The largest absolute Gasteiger partial charge is 0.463 e. The summed E-state index contributed by atoms with van der Waals surface area (Å²) in [5.74, 6) is 1.83. The smallest absolute Gasteiger partial charge is 0.316 e. The van der Waals surface area contributed by atoms with Gasteiger partial charge in [0.1, 0.15) is 0 Å². The van der Waals surface area contributed by atoms with Crippen molar-refractivity contribution in [3.63, 3.8) is 0 Å². The lowest BCUT2D eigenvalue weighted by atomic mass is 9.72. The highest BCUT2D eigenvalue weighted by molar-refractivity contribution is 5.27. The average Bonchev–Trinajstić information content (AvgIpc) is 3.28. The fraction of sp³-hybridized carbons (Fsp3) is 0.615. The summed E-state index contributed by atoms with van der Waals surface area (Å²) in [5, 5.41) is 3.43. The molecule has 3 aliphatic rings. The van der Waals surface area contributed by atoms with E-state index in [9.17, 15) is 0 Å². The molecule has 2 aliphatic heterocycles. The standard InChI is InChI=1S/C26H36N4O/c1-19-16-28-26(29-25(19)23-8-10-27-11-9-23)31-18-21-14-24(15-21)22-6-4-20(5-7-22)17-30-12-2-3-13-30/h4-7,16,21,23-24,27H,2-3,8-15,17-18H2,1H3. The van der Waals surface area contributed by atoms with E-state index in [2.05, 4.69) is 46.4 Å². The maximum atomic E-state index is 6.03. The summed E-state index contributed by atoms with van der Waals surface area (Å²) in [6, 6.07) is 9.93. The molecular weight excluding hydrogens is 384 g/mol. The van der Waals surface area contributed by atoms with Crippen LogP contribution in [0.5, 0.6) is 6.01 Å². The molecule has 0 spiro atoms. The number of likely N-dealkylation sites (tertiary alicyclic amines) is 1. The van der Waals surface area contributed by atoms with Crippen molar-refractivity contribution < 1.29 is 4.74 Å². The highest BCUT2D eigenvalue weighted by Crippen LogP contribution is 2.41. The number of aromatic nitrogens is 2.